The van der Waals surface area contributed by atoms with Gasteiger partial charge in [-0.05, 0) is 24.7 Å². The van der Waals surface area contributed by atoms with E-state index >= 15 is 0 Å². The van der Waals surface area contributed by atoms with Gasteiger partial charge in [-0.25, -0.2) is 0 Å². The van der Waals surface area contributed by atoms with E-state index in [1.54, 1.807) is 11.8 Å². The molecular formula is C11H15N3OS. The number of anilines is 1. The Morgan fingerprint density at radius 3 is 3.19 bits per heavy atom. The van der Waals surface area contributed by atoms with E-state index in [-0.39, 0.29) is 11.9 Å². The molecule has 0 bridgehead atoms. The monoisotopic (exact) mass is 237 g/mol. The summed E-state index contributed by atoms with van der Waals surface area (Å²) in [7, 11) is 1.87. The number of likely N-dealkylation sites (N-methyl/N-ethyl adjacent to an activating group) is 1. The Kier molecular flexibility index (Phi) is 3.48. The van der Waals surface area contributed by atoms with E-state index in [4.69, 9.17) is 5.73 Å². The summed E-state index contributed by atoms with van der Waals surface area (Å²) < 4.78 is 0. The van der Waals surface area contributed by atoms with Crippen LogP contribution in [0.5, 0.6) is 0 Å². The average molecular weight is 237 g/mol. The molecule has 2 rings (SSSR count). The minimum absolute atomic E-state index is 0.0425. The molecule has 1 atom stereocenters. The quantitative estimate of drug-likeness (QED) is 0.732. The van der Waals surface area contributed by atoms with Crippen LogP contribution < -0.4 is 16.4 Å². The van der Waals surface area contributed by atoms with Crippen molar-refractivity contribution in [2.45, 2.75) is 10.9 Å². The predicted octanol–water partition coefficient (Wildman–Crippen LogP) is 0.950. The highest BCUT2D eigenvalue weighted by atomic mass is 32.2. The van der Waals surface area contributed by atoms with Crippen LogP contribution in [0.15, 0.2) is 23.1 Å². The van der Waals surface area contributed by atoms with Crippen molar-refractivity contribution < 1.29 is 4.79 Å². The molecule has 0 aromatic heterocycles. The second-order valence-electron chi connectivity index (χ2n) is 3.76. The van der Waals surface area contributed by atoms with E-state index in [0.29, 0.717) is 5.75 Å². The first-order chi connectivity index (χ1) is 7.70. The van der Waals surface area contributed by atoms with Crippen molar-refractivity contribution in [1.29, 1.82) is 0 Å². The molecule has 0 saturated heterocycles. The number of fused-ring (bicyclic) bond motifs is 1. The fourth-order valence-corrected chi connectivity index (χ4v) is 2.46. The zero-order chi connectivity index (χ0) is 11.5. The number of thioether (sulfide) groups is 1. The van der Waals surface area contributed by atoms with Crippen LogP contribution in [0.1, 0.15) is 11.6 Å². The van der Waals surface area contributed by atoms with Crippen LogP contribution in [-0.2, 0) is 4.79 Å². The molecule has 0 aliphatic carbocycles. The lowest BCUT2D eigenvalue weighted by atomic mass is 10.1. The van der Waals surface area contributed by atoms with E-state index in [9.17, 15) is 4.79 Å². The number of benzene rings is 1. The molecular weight excluding hydrogens is 222 g/mol. The third kappa shape index (κ3) is 2.37. The third-order valence-corrected chi connectivity index (χ3v) is 3.56. The number of rotatable bonds is 3. The maximum atomic E-state index is 11.3. The van der Waals surface area contributed by atoms with E-state index in [1.165, 1.54) is 0 Å². The van der Waals surface area contributed by atoms with Crippen LogP contribution in [0, 0.1) is 0 Å². The normalized spacial score (nSPS) is 16.5. The van der Waals surface area contributed by atoms with Crippen molar-refractivity contribution in [1.82, 2.24) is 5.32 Å². The van der Waals surface area contributed by atoms with E-state index in [0.717, 1.165) is 22.7 Å². The Morgan fingerprint density at radius 2 is 2.44 bits per heavy atom. The summed E-state index contributed by atoms with van der Waals surface area (Å²) in [6, 6.07) is 5.95. The minimum Gasteiger partial charge on any atom is -0.324 e. The third-order valence-electron chi connectivity index (χ3n) is 2.49. The molecule has 0 saturated carbocycles. The van der Waals surface area contributed by atoms with Gasteiger partial charge in [-0.3, -0.25) is 4.79 Å². The zero-order valence-corrected chi connectivity index (χ0v) is 9.93. The number of hydrogen-bond donors (Lipinski definition) is 3. The number of amides is 1. The zero-order valence-electron chi connectivity index (χ0n) is 9.12. The largest absolute Gasteiger partial charge is 0.324 e. The SMILES string of the molecule is CNCC(N)c1ccc2c(c1)NC(=O)CS2. The second kappa shape index (κ2) is 4.86. The Bertz CT molecular complexity index is 408. The topological polar surface area (TPSA) is 67.2 Å². The number of hydrogen-bond acceptors (Lipinski definition) is 4. The summed E-state index contributed by atoms with van der Waals surface area (Å²) >= 11 is 1.56. The molecule has 1 heterocycles. The van der Waals surface area contributed by atoms with Crippen LogP contribution in [-0.4, -0.2) is 25.3 Å². The molecule has 1 aromatic rings. The lowest BCUT2D eigenvalue weighted by Crippen LogP contribution is -2.24. The molecule has 0 radical (unpaired) electrons. The number of nitrogens with one attached hydrogen (secondary N) is 2. The fraction of sp³-hybridized carbons (Fsp3) is 0.364. The van der Waals surface area contributed by atoms with Gasteiger partial charge in [0.2, 0.25) is 5.91 Å². The first kappa shape index (κ1) is 11.4. The summed E-state index contributed by atoms with van der Waals surface area (Å²) in [5.74, 6) is 0.548. The van der Waals surface area contributed by atoms with Crippen LogP contribution in [0.4, 0.5) is 5.69 Å². The minimum atomic E-state index is -0.0425. The molecule has 5 heteroatoms. The molecule has 1 aliphatic rings. The highest BCUT2D eigenvalue weighted by molar-refractivity contribution is 8.00. The van der Waals surface area contributed by atoms with Gasteiger partial charge >= 0.3 is 0 Å². The lowest BCUT2D eigenvalue weighted by molar-refractivity contribution is -0.113. The summed E-state index contributed by atoms with van der Waals surface area (Å²) in [5, 5.41) is 5.90. The highest BCUT2D eigenvalue weighted by Gasteiger charge is 2.16. The van der Waals surface area contributed by atoms with Gasteiger partial charge in [0.1, 0.15) is 0 Å². The van der Waals surface area contributed by atoms with Gasteiger partial charge < -0.3 is 16.4 Å². The Morgan fingerprint density at radius 1 is 1.62 bits per heavy atom. The number of carbonyl (C=O) groups excluding carboxylic acids is 1. The van der Waals surface area contributed by atoms with Gasteiger partial charge in [0.05, 0.1) is 11.4 Å². The van der Waals surface area contributed by atoms with Crippen molar-refractivity contribution in [2.24, 2.45) is 5.73 Å². The summed E-state index contributed by atoms with van der Waals surface area (Å²) in [4.78, 5) is 12.4. The maximum Gasteiger partial charge on any atom is 0.234 e. The van der Waals surface area contributed by atoms with Gasteiger partial charge in [-0.2, -0.15) is 0 Å². The van der Waals surface area contributed by atoms with Gasteiger partial charge in [0.15, 0.2) is 0 Å². The summed E-state index contributed by atoms with van der Waals surface area (Å²) in [5.41, 5.74) is 7.91. The highest BCUT2D eigenvalue weighted by Crippen LogP contribution is 2.32. The van der Waals surface area contributed by atoms with Gasteiger partial charge in [-0.1, -0.05) is 6.07 Å². The van der Waals surface area contributed by atoms with Crippen molar-refractivity contribution in [3.8, 4) is 0 Å². The van der Waals surface area contributed by atoms with Gasteiger partial charge in [-0.15, -0.1) is 11.8 Å². The Hall–Kier alpha value is -1.04. The van der Waals surface area contributed by atoms with Crippen molar-refractivity contribution >= 4 is 23.4 Å². The molecule has 1 amide bonds. The van der Waals surface area contributed by atoms with Crippen LogP contribution in [0.3, 0.4) is 0 Å². The number of nitrogens with two attached hydrogens (primary N) is 1. The fourth-order valence-electron chi connectivity index (χ4n) is 1.67. The molecule has 86 valence electrons. The van der Waals surface area contributed by atoms with Crippen LogP contribution >= 0.6 is 11.8 Å². The Labute approximate surface area is 99.0 Å². The molecule has 4 N–H and O–H groups in total. The smallest absolute Gasteiger partial charge is 0.234 e. The molecule has 1 unspecified atom stereocenters. The summed E-state index contributed by atoms with van der Waals surface area (Å²) in [6.45, 7) is 0.722. The number of carbonyl (C=O) groups is 1. The Balaban J connectivity index is 2.24. The van der Waals surface area contributed by atoms with Gasteiger partial charge in [0, 0.05) is 17.5 Å². The average Bonchev–Trinajstić information content (AvgIpc) is 2.28. The first-order valence-corrected chi connectivity index (χ1v) is 6.16. The molecule has 0 spiro atoms. The molecule has 1 aromatic carbocycles. The summed E-state index contributed by atoms with van der Waals surface area (Å²) in [6.07, 6.45) is 0. The molecule has 4 nitrogen and oxygen atoms in total. The van der Waals surface area contributed by atoms with Crippen molar-refractivity contribution in [3.63, 3.8) is 0 Å². The van der Waals surface area contributed by atoms with E-state index in [2.05, 4.69) is 10.6 Å². The van der Waals surface area contributed by atoms with Crippen molar-refractivity contribution in [3.05, 3.63) is 23.8 Å². The van der Waals surface area contributed by atoms with Crippen LogP contribution in [0.25, 0.3) is 0 Å². The standard InChI is InChI=1S/C11H15N3OS/c1-13-5-8(12)7-2-3-10-9(4-7)14-11(15)6-16-10/h2-4,8,13H,5-6,12H2,1H3,(H,14,15). The van der Waals surface area contributed by atoms with E-state index in [1.807, 2.05) is 25.2 Å². The van der Waals surface area contributed by atoms with Crippen LogP contribution in [0.2, 0.25) is 0 Å². The lowest BCUT2D eigenvalue weighted by Gasteiger charge is -2.19. The molecule has 1 aliphatic heterocycles. The van der Waals surface area contributed by atoms with Gasteiger partial charge in [0.25, 0.3) is 0 Å². The maximum absolute atomic E-state index is 11.3. The first-order valence-electron chi connectivity index (χ1n) is 5.17. The molecule has 0 fully saturated rings. The van der Waals surface area contributed by atoms with Crippen molar-refractivity contribution in [2.75, 3.05) is 24.7 Å². The van der Waals surface area contributed by atoms with E-state index < -0.39 is 0 Å². The molecule has 16 heavy (non-hydrogen) atoms. The predicted molar refractivity (Wildman–Crippen MR) is 66.7 cm³/mol. The second-order valence-corrected chi connectivity index (χ2v) is 4.77.